The second kappa shape index (κ2) is 13.2. The maximum Gasteiger partial charge on any atom is 0.343 e. The molecule has 0 bridgehead atoms. The molecule has 0 aromatic heterocycles. The molecule has 0 amide bonds. The van der Waals surface area contributed by atoms with Gasteiger partial charge >= 0.3 is 11.9 Å². The van der Waals surface area contributed by atoms with Crippen LogP contribution in [-0.4, -0.2) is 30.9 Å². The molecule has 1 aliphatic rings. The summed E-state index contributed by atoms with van der Waals surface area (Å²) in [5, 5.41) is 0. The molecule has 0 saturated carbocycles. The van der Waals surface area contributed by atoms with Crippen molar-refractivity contribution >= 4 is 23.8 Å². The Balaban J connectivity index is 1.20. The maximum atomic E-state index is 12.6. The number of ketones is 1. The van der Waals surface area contributed by atoms with Gasteiger partial charge in [0, 0.05) is 23.6 Å². The van der Waals surface area contributed by atoms with Crippen molar-refractivity contribution in [3.05, 3.63) is 113 Å². The summed E-state index contributed by atoms with van der Waals surface area (Å²) in [5.74, 6) is 0.324. The van der Waals surface area contributed by atoms with Crippen LogP contribution in [-0.2, 0) is 16.0 Å². The van der Waals surface area contributed by atoms with Gasteiger partial charge < -0.3 is 14.2 Å². The van der Waals surface area contributed by atoms with Crippen LogP contribution in [0.2, 0.25) is 0 Å². The molecule has 0 saturated heterocycles. The van der Waals surface area contributed by atoms with E-state index in [0.717, 1.165) is 54.0 Å². The lowest BCUT2D eigenvalue weighted by Gasteiger charge is -2.08. The molecule has 3 aromatic rings. The van der Waals surface area contributed by atoms with Gasteiger partial charge in [-0.2, -0.15) is 0 Å². The summed E-state index contributed by atoms with van der Waals surface area (Å²) in [4.78, 5) is 36.1. The SMILES string of the molecule is C=CC(=O)OCCCCCCOc1ccc(C(=O)Oc2ccc(/C=C3\Cc4ccccc4C3=O)cc2)cc1. The van der Waals surface area contributed by atoms with Crippen LogP contribution in [0.25, 0.3) is 6.08 Å². The summed E-state index contributed by atoms with van der Waals surface area (Å²) in [6.45, 7) is 4.33. The van der Waals surface area contributed by atoms with Gasteiger partial charge in [-0.05, 0) is 79.3 Å². The van der Waals surface area contributed by atoms with E-state index in [0.29, 0.717) is 36.7 Å². The standard InChI is InChI=1S/C32H30O6/c1-2-30(33)37-20-8-4-3-7-19-36-27-17-13-24(14-18-27)32(35)38-28-15-11-23(12-16-28)21-26-22-25-9-5-6-10-29(25)31(26)34/h2,5-6,9-18,21H,1,3-4,7-8,19-20,22H2/b26-21+. The molecule has 194 valence electrons. The first-order valence-corrected chi connectivity index (χ1v) is 12.7. The summed E-state index contributed by atoms with van der Waals surface area (Å²) < 4.78 is 16.2. The quantitative estimate of drug-likeness (QED) is 0.121. The minimum Gasteiger partial charge on any atom is -0.494 e. The van der Waals surface area contributed by atoms with Crippen LogP contribution >= 0.6 is 0 Å². The number of fused-ring (bicyclic) bond motifs is 1. The molecule has 0 unspecified atom stereocenters. The Morgan fingerprint density at radius 3 is 2.21 bits per heavy atom. The van der Waals surface area contributed by atoms with Gasteiger partial charge in [-0.3, -0.25) is 4.79 Å². The number of hydrogen-bond donors (Lipinski definition) is 0. The van der Waals surface area contributed by atoms with Gasteiger partial charge in [0.25, 0.3) is 0 Å². The first kappa shape index (κ1) is 26.6. The molecule has 3 aromatic carbocycles. The van der Waals surface area contributed by atoms with Gasteiger partial charge in [0.05, 0.1) is 18.8 Å². The number of hydrogen-bond acceptors (Lipinski definition) is 6. The molecule has 0 spiro atoms. The normalized spacial score (nSPS) is 13.2. The molecular formula is C32H30O6. The molecule has 0 aliphatic heterocycles. The van der Waals surface area contributed by atoms with E-state index in [-0.39, 0.29) is 5.78 Å². The van der Waals surface area contributed by atoms with Gasteiger partial charge in [0.15, 0.2) is 5.78 Å². The van der Waals surface area contributed by atoms with E-state index in [1.165, 1.54) is 0 Å². The lowest BCUT2D eigenvalue weighted by atomic mass is 10.1. The van der Waals surface area contributed by atoms with Crippen LogP contribution in [0.1, 0.15) is 57.5 Å². The van der Waals surface area contributed by atoms with Gasteiger partial charge in [0.1, 0.15) is 11.5 Å². The molecule has 0 radical (unpaired) electrons. The highest BCUT2D eigenvalue weighted by molar-refractivity contribution is 6.15. The van der Waals surface area contributed by atoms with E-state index >= 15 is 0 Å². The average Bonchev–Trinajstić information content (AvgIpc) is 3.26. The Hall–Kier alpha value is -4.45. The molecule has 0 N–H and O–H groups in total. The number of carbonyl (C=O) groups excluding carboxylic acids is 3. The summed E-state index contributed by atoms with van der Waals surface area (Å²) in [5.41, 5.74) is 3.86. The van der Waals surface area contributed by atoms with Crippen molar-refractivity contribution in [1.82, 2.24) is 0 Å². The molecular weight excluding hydrogens is 480 g/mol. The molecule has 0 heterocycles. The van der Waals surface area contributed by atoms with E-state index in [1.54, 1.807) is 36.4 Å². The van der Waals surface area contributed by atoms with Gasteiger partial charge in [-0.25, -0.2) is 9.59 Å². The fourth-order valence-corrected chi connectivity index (χ4v) is 4.14. The molecule has 38 heavy (non-hydrogen) atoms. The lowest BCUT2D eigenvalue weighted by molar-refractivity contribution is -0.137. The van der Waals surface area contributed by atoms with Crippen LogP contribution in [0, 0.1) is 0 Å². The van der Waals surface area contributed by atoms with Crippen molar-refractivity contribution in [2.45, 2.75) is 32.1 Å². The minimum absolute atomic E-state index is 0.0623. The predicted molar refractivity (Wildman–Crippen MR) is 145 cm³/mol. The summed E-state index contributed by atoms with van der Waals surface area (Å²) in [6, 6.07) is 21.6. The highest BCUT2D eigenvalue weighted by Crippen LogP contribution is 2.28. The highest BCUT2D eigenvalue weighted by Gasteiger charge is 2.23. The van der Waals surface area contributed by atoms with Crippen molar-refractivity contribution < 1.29 is 28.6 Å². The third-order valence-electron chi connectivity index (χ3n) is 6.17. The maximum absolute atomic E-state index is 12.6. The van der Waals surface area contributed by atoms with Crippen LogP contribution in [0.3, 0.4) is 0 Å². The number of esters is 2. The van der Waals surface area contributed by atoms with E-state index < -0.39 is 11.9 Å². The van der Waals surface area contributed by atoms with Crippen LogP contribution < -0.4 is 9.47 Å². The number of Topliss-reactive ketones (excluding diaryl/α,β-unsaturated/α-hetero) is 1. The van der Waals surface area contributed by atoms with Crippen LogP contribution in [0.15, 0.2) is 91.0 Å². The Morgan fingerprint density at radius 1 is 0.816 bits per heavy atom. The van der Waals surface area contributed by atoms with Gasteiger partial charge in [-0.15, -0.1) is 0 Å². The zero-order valence-electron chi connectivity index (χ0n) is 21.2. The van der Waals surface area contributed by atoms with E-state index in [1.807, 2.05) is 42.5 Å². The molecule has 6 heteroatoms. The molecule has 6 nitrogen and oxygen atoms in total. The first-order chi connectivity index (χ1) is 18.5. The fraction of sp³-hybridized carbons (Fsp3) is 0.219. The third kappa shape index (κ3) is 7.29. The number of unbranched alkanes of at least 4 members (excludes halogenated alkanes) is 3. The molecule has 4 rings (SSSR count). The fourth-order valence-electron chi connectivity index (χ4n) is 4.14. The second-order valence-corrected chi connectivity index (χ2v) is 8.95. The van der Waals surface area contributed by atoms with Gasteiger partial charge in [-0.1, -0.05) is 43.0 Å². The summed E-state index contributed by atoms with van der Waals surface area (Å²) in [7, 11) is 0. The van der Waals surface area contributed by atoms with Crippen molar-refractivity contribution in [3.8, 4) is 11.5 Å². The van der Waals surface area contributed by atoms with Gasteiger partial charge in [0.2, 0.25) is 0 Å². The van der Waals surface area contributed by atoms with Crippen molar-refractivity contribution in [1.29, 1.82) is 0 Å². The third-order valence-corrected chi connectivity index (χ3v) is 6.17. The Bertz CT molecular complexity index is 1320. The van der Waals surface area contributed by atoms with Crippen LogP contribution in [0.5, 0.6) is 11.5 Å². The lowest BCUT2D eigenvalue weighted by Crippen LogP contribution is -2.08. The monoisotopic (exact) mass is 510 g/mol. The smallest absolute Gasteiger partial charge is 0.343 e. The summed E-state index contributed by atoms with van der Waals surface area (Å²) in [6.07, 6.45) is 7.28. The summed E-state index contributed by atoms with van der Waals surface area (Å²) >= 11 is 0. The Labute approximate surface area is 222 Å². The number of rotatable bonds is 12. The van der Waals surface area contributed by atoms with Crippen molar-refractivity contribution in [3.63, 3.8) is 0 Å². The largest absolute Gasteiger partial charge is 0.494 e. The van der Waals surface area contributed by atoms with Crippen molar-refractivity contribution in [2.75, 3.05) is 13.2 Å². The minimum atomic E-state index is -0.457. The second-order valence-electron chi connectivity index (χ2n) is 8.95. The Morgan fingerprint density at radius 2 is 1.50 bits per heavy atom. The van der Waals surface area contributed by atoms with Crippen LogP contribution in [0.4, 0.5) is 0 Å². The molecule has 0 atom stereocenters. The molecule has 1 aliphatic carbocycles. The average molecular weight is 511 g/mol. The van der Waals surface area contributed by atoms with Crippen molar-refractivity contribution in [2.24, 2.45) is 0 Å². The zero-order valence-corrected chi connectivity index (χ0v) is 21.2. The number of benzene rings is 3. The van der Waals surface area contributed by atoms with E-state index in [4.69, 9.17) is 14.2 Å². The highest BCUT2D eigenvalue weighted by atomic mass is 16.5. The topological polar surface area (TPSA) is 78.9 Å². The Kier molecular flexibility index (Phi) is 9.24. The first-order valence-electron chi connectivity index (χ1n) is 12.7. The zero-order chi connectivity index (χ0) is 26.7. The number of allylic oxidation sites excluding steroid dienone is 1. The predicted octanol–water partition coefficient (Wildman–Crippen LogP) is 6.40. The van der Waals surface area contributed by atoms with E-state index in [9.17, 15) is 14.4 Å². The molecule has 0 fully saturated rings. The van der Waals surface area contributed by atoms with E-state index in [2.05, 4.69) is 6.58 Å². The number of carbonyl (C=O) groups is 3. The number of ether oxygens (including phenoxy) is 3.